The first kappa shape index (κ1) is 15.7. The molecule has 1 N–H and O–H groups in total. The van der Waals surface area contributed by atoms with Gasteiger partial charge in [-0.05, 0) is 48.0 Å². The molecule has 0 amide bonds. The Kier molecular flexibility index (Phi) is 4.77. The van der Waals surface area contributed by atoms with Gasteiger partial charge in [0.2, 0.25) is 0 Å². The molecule has 6 heteroatoms. The van der Waals surface area contributed by atoms with Crippen molar-refractivity contribution in [1.29, 1.82) is 0 Å². The van der Waals surface area contributed by atoms with E-state index in [0.29, 0.717) is 12.2 Å². The number of hydrogen-bond donors (Lipinski definition) is 1. The largest absolute Gasteiger partial charge is 0.446 e. The maximum atomic E-state index is 13.6. The highest BCUT2D eigenvalue weighted by atomic mass is 32.2. The van der Waals surface area contributed by atoms with Gasteiger partial charge in [0, 0.05) is 11.4 Å². The molecular weight excluding hydrogens is 302 g/mol. The zero-order chi connectivity index (χ0) is 15.5. The first-order valence-electron chi connectivity index (χ1n) is 6.19. The van der Waals surface area contributed by atoms with Gasteiger partial charge in [-0.25, -0.2) is 4.39 Å². The summed E-state index contributed by atoms with van der Waals surface area (Å²) in [4.78, 5) is 0.133. The van der Waals surface area contributed by atoms with Gasteiger partial charge in [-0.15, -0.1) is 0 Å². The van der Waals surface area contributed by atoms with Crippen molar-refractivity contribution >= 4 is 17.4 Å². The van der Waals surface area contributed by atoms with Gasteiger partial charge in [0.05, 0.1) is 5.69 Å². The number of anilines is 1. The number of aryl methyl sites for hydroxylation is 1. The molecule has 0 saturated carbocycles. The van der Waals surface area contributed by atoms with Gasteiger partial charge in [0.1, 0.15) is 5.82 Å². The second kappa shape index (κ2) is 6.39. The van der Waals surface area contributed by atoms with Gasteiger partial charge < -0.3 is 5.32 Å². The third-order valence-corrected chi connectivity index (χ3v) is 3.59. The quantitative estimate of drug-likeness (QED) is 0.602. The van der Waals surface area contributed by atoms with Gasteiger partial charge in [-0.2, -0.15) is 13.2 Å². The van der Waals surface area contributed by atoms with Gasteiger partial charge in [-0.1, -0.05) is 24.3 Å². The molecule has 0 fully saturated rings. The van der Waals surface area contributed by atoms with Gasteiger partial charge in [-0.3, -0.25) is 0 Å². The van der Waals surface area contributed by atoms with Crippen LogP contribution in [0.1, 0.15) is 11.1 Å². The summed E-state index contributed by atoms with van der Waals surface area (Å²) in [6.07, 6.45) is 0. The number of thioether (sulfide) groups is 1. The molecule has 2 rings (SSSR count). The Bertz CT molecular complexity index is 588. The van der Waals surface area contributed by atoms with Crippen LogP contribution in [0.5, 0.6) is 0 Å². The average Bonchev–Trinajstić information content (AvgIpc) is 2.38. The number of rotatable bonds is 4. The lowest BCUT2D eigenvalue weighted by atomic mass is 10.1. The predicted octanol–water partition coefficient (Wildman–Crippen LogP) is 5.36. The second-order valence-corrected chi connectivity index (χ2v) is 5.62. The fraction of sp³-hybridized carbons (Fsp3) is 0.200. The van der Waals surface area contributed by atoms with Crippen molar-refractivity contribution in [1.82, 2.24) is 0 Å². The Hall–Kier alpha value is -1.69. The van der Waals surface area contributed by atoms with E-state index in [-0.39, 0.29) is 22.5 Å². The van der Waals surface area contributed by atoms with Crippen molar-refractivity contribution in [3.63, 3.8) is 0 Å². The van der Waals surface area contributed by atoms with Crippen molar-refractivity contribution in [3.8, 4) is 0 Å². The summed E-state index contributed by atoms with van der Waals surface area (Å²) in [5, 5.41) is 2.96. The lowest BCUT2D eigenvalue weighted by molar-refractivity contribution is -0.0328. The standard InChI is InChI=1S/C15H13F4NS/c1-10-3-2-4-13(16)14(10)20-9-11-5-7-12(8-6-11)21-15(17,18)19/h2-8,20H,9H2,1H3. The number of nitrogens with one attached hydrogen (secondary N) is 1. The van der Waals surface area contributed by atoms with Crippen molar-refractivity contribution < 1.29 is 17.6 Å². The minimum absolute atomic E-state index is 0.133. The van der Waals surface area contributed by atoms with Crippen molar-refractivity contribution in [2.45, 2.75) is 23.9 Å². The van der Waals surface area contributed by atoms with E-state index in [4.69, 9.17) is 0 Å². The van der Waals surface area contributed by atoms with E-state index in [1.165, 1.54) is 18.2 Å². The van der Waals surface area contributed by atoms with Crippen LogP contribution in [0.4, 0.5) is 23.2 Å². The van der Waals surface area contributed by atoms with Crippen molar-refractivity contribution in [2.24, 2.45) is 0 Å². The molecule has 0 aromatic heterocycles. The molecule has 0 heterocycles. The summed E-state index contributed by atoms with van der Waals surface area (Å²) >= 11 is -0.152. The Morgan fingerprint density at radius 1 is 1.05 bits per heavy atom. The summed E-state index contributed by atoms with van der Waals surface area (Å²) in [6, 6.07) is 10.8. The summed E-state index contributed by atoms with van der Waals surface area (Å²) in [7, 11) is 0. The minimum Gasteiger partial charge on any atom is -0.378 e. The fourth-order valence-electron chi connectivity index (χ4n) is 1.86. The summed E-state index contributed by atoms with van der Waals surface area (Å²) in [5.41, 5.74) is -2.32. The van der Waals surface area contributed by atoms with E-state index in [2.05, 4.69) is 5.32 Å². The van der Waals surface area contributed by atoms with Crippen molar-refractivity contribution in [3.05, 3.63) is 59.4 Å². The molecule has 0 spiro atoms. The maximum Gasteiger partial charge on any atom is 0.446 e. The van der Waals surface area contributed by atoms with E-state index in [0.717, 1.165) is 11.1 Å². The van der Waals surface area contributed by atoms with E-state index < -0.39 is 5.51 Å². The first-order chi connectivity index (χ1) is 9.85. The highest BCUT2D eigenvalue weighted by Crippen LogP contribution is 2.36. The molecule has 0 aliphatic carbocycles. The van der Waals surface area contributed by atoms with Crippen molar-refractivity contribution in [2.75, 3.05) is 5.32 Å². The lowest BCUT2D eigenvalue weighted by Crippen LogP contribution is -2.03. The maximum absolute atomic E-state index is 13.6. The molecule has 112 valence electrons. The topological polar surface area (TPSA) is 12.0 Å². The van der Waals surface area contributed by atoms with Crippen LogP contribution >= 0.6 is 11.8 Å². The zero-order valence-corrected chi connectivity index (χ0v) is 12.0. The molecule has 0 aliphatic heterocycles. The van der Waals surface area contributed by atoms with E-state index >= 15 is 0 Å². The Balaban J connectivity index is 2.01. The normalized spacial score (nSPS) is 11.5. The highest BCUT2D eigenvalue weighted by molar-refractivity contribution is 8.00. The molecule has 0 radical (unpaired) electrons. The Morgan fingerprint density at radius 3 is 2.29 bits per heavy atom. The van der Waals surface area contributed by atoms with Crippen LogP contribution in [0.3, 0.4) is 0 Å². The fourth-order valence-corrected chi connectivity index (χ4v) is 2.39. The highest BCUT2D eigenvalue weighted by Gasteiger charge is 2.28. The van der Waals surface area contributed by atoms with Crippen LogP contribution in [0.2, 0.25) is 0 Å². The molecule has 2 aromatic carbocycles. The first-order valence-corrected chi connectivity index (χ1v) is 7.00. The van der Waals surface area contributed by atoms with Crippen LogP contribution in [-0.4, -0.2) is 5.51 Å². The van der Waals surface area contributed by atoms with Crippen LogP contribution in [-0.2, 0) is 6.54 Å². The number of para-hydroxylation sites is 1. The number of halogens is 4. The van der Waals surface area contributed by atoms with E-state index in [1.54, 1.807) is 31.2 Å². The molecule has 2 aromatic rings. The second-order valence-electron chi connectivity index (χ2n) is 4.48. The molecule has 0 aliphatic rings. The summed E-state index contributed by atoms with van der Waals surface area (Å²) < 4.78 is 50.2. The SMILES string of the molecule is Cc1cccc(F)c1NCc1ccc(SC(F)(F)F)cc1. The smallest absolute Gasteiger partial charge is 0.378 e. The zero-order valence-electron chi connectivity index (χ0n) is 11.2. The number of benzene rings is 2. The number of hydrogen-bond acceptors (Lipinski definition) is 2. The van der Waals surface area contributed by atoms with E-state index in [1.807, 2.05) is 0 Å². The lowest BCUT2D eigenvalue weighted by Gasteiger charge is -2.11. The van der Waals surface area contributed by atoms with Crippen LogP contribution in [0.15, 0.2) is 47.4 Å². The van der Waals surface area contributed by atoms with Crippen LogP contribution < -0.4 is 5.32 Å². The minimum atomic E-state index is -4.29. The average molecular weight is 315 g/mol. The summed E-state index contributed by atoms with van der Waals surface area (Å²) in [6.45, 7) is 2.13. The monoisotopic (exact) mass is 315 g/mol. The Morgan fingerprint density at radius 2 is 1.71 bits per heavy atom. The van der Waals surface area contributed by atoms with Gasteiger partial charge in [0.15, 0.2) is 0 Å². The van der Waals surface area contributed by atoms with Gasteiger partial charge in [0.25, 0.3) is 0 Å². The molecule has 21 heavy (non-hydrogen) atoms. The molecule has 0 atom stereocenters. The predicted molar refractivity (Wildman–Crippen MR) is 76.8 cm³/mol. The third-order valence-electron chi connectivity index (χ3n) is 2.85. The summed E-state index contributed by atoms with van der Waals surface area (Å²) in [5.74, 6) is -0.348. The Labute approximate surface area is 124 Å². The number of alkyl halides is 3. The molecule has 0 unspecified atom stereocenters. The molecule has 1 nitrogen and oxygen atoms in total. The van der Waals surface area contributed by atoms with Crippen LogP contribution in [0, 0.1) is 12.7 Å². The van der Waals surface area contributed by atoms with Gasteiger partial charge >= 0.3 is 5.51 Å². The molecule has 0 bridgehead atoms. The third kappa shape index (κ3) is 4.67. The molecular formula is C15H13F4NS. The van der Waals surface area contributed by atoms with Crippen LogP contribution in [0.25, 0.3) is 0 Å². The molecule has 0 saturated heterocycles. The van der Waals surface area contributed by atoms with E-state index in [9.17, 15) is 17.6 Å².